The highest BCUT2D eigenvalue weighted by molar-refractivity contribution is 9.10. The lowest BCUT2D eigenvalue weighted by Gasteiger charge is -2.18. The van der Waals surface area contributed by atoms with Crippen molar-refractivity contribution in [2.24, 2.45) is 4.99 Å². The summed E-state index contributed by atoms with van der Waals surface area (Å²) in [6.45, 7) is 2.08. The molecule has 0 unspecified atom stereocenters. The van der Waals surface area contributed by atoms with Crippen molar-refractivity contribution in [1.29, 1.82) is 0 Å². The van der Waals surface area contributed by atoms with Crippen molar-refractivity contribution >= 4 is 38.4 Å². The molecule has 2 aromatic carbocycles. The Hall–Kier alpha value is -2.21. The van der Waals surface area contributed by atoms with Gasteiger partial charge in [-0.2, -0.15) is 8.78 Å². The molecular weight excluding hydrogens is 414 g/mol. The Labute approximate surface area is 165 Å². The van der Waals surface area contributed by atoms with Crippen LogP contribution in [0.15, 0.2) is 59.6 Å². The van der Waals surface area contributed by atoms with E-state index in [1.54, 1.807) is 35.9 Å². The summed E-state index contributed by atoms with van der Waals surface area (Å²) in [5.74, 6) is 0.302. The highest BCUT2D eigenvalue weighted by Crippen LogP contribution is 2.32. The standard InChI is InChI=1S/C21H21BrF2N2O/c1-3-4-8-17-14-15-7-5-6-9-19(15)26(17)20(21(22,23)24)25-16-10-12-18(27-2)13-11-16/h5-7,9-14H,3-4,8H2,1-2H3. The third-order valence-corrected chi connectivity index (χ3v) is 4.70. The second-order valence-corrected chi connectivity index (χ2v) is 7.26. The molecule has 6 heteroatoms. The Kier molecular flexibility index (Phi) is 5.95. The van der Waals surface area contributed by atoms with Gasteiger partial charge in [-0.3, -0.25) is 4.57 Å². The van der Waals surface area contributed by atoms with Gasteiger partial charge in [0.1, 0.15) is 5.75 Å². The molecule has 0 fully saturated rings. The number of unbranched alkanes of at least 4 members (excludes halogenated alkanes) is 1. The van der Waals surface area contributed by atoms with Crippen LogP contribution in [0.25, 0.3) is 10.9 Å². The van der Waals surface area contributed by atoms with Gasteiger partial charge >= 0.3 is 4.83 Å². The molecule has 3 rings (SSSR count). The third kappa shape index (κ3) is 4.38. The number of nitrogens with zero attached hydrogens (tertiary/aromatic N) is 2. The van der Waals surface area contributed by atoms with E-state index in [1.165, 1.54) is 0 Å². The van der Waals surface area contributed by atoms with Crippen molar-refractivity contribution in [3.8, 4) is 5.75 Å². The number of ether oxygens (including phenoxy) is 1. The second-order valence-electron chi connectivity index (χ2n) is 6.26. The monoisotopic (exact) mass is 434 g/mol. The number of rotatable bonds is 6. The van der Waals surface area contributed by atoms with Crippen molar-refractivity contribution in [3.63, 3.8) is 0 Å². The number of alkyl halides is 3. The van der Waals surface area contributed by atoms with Gasteiger partial charge in [0.25, 0.3) is 0 Å². The molecule has 0 spiro atoms. The van der Waals surface area contributed by atoms with E-state index < -0.39 is 4.83 Å². The van der Waals surface area contributed by atoms with Crippen molar-refractivity contribution in [2.45, 2.75) is 31.0 Å². The highest BCUT2D eigenvalue weighted by Gasteiger charge is 2.35. The Morgan fingerprint density at radius 3 is 2.48 bits per heavy atom. The largest absolute Gasteiger partial charge is 0.497 e. The quantitative estimate of drug-likeness (QED) is 0.245. The fourth-order valence-corrected chi connectivity index (χ4v) is 3.29. The van der Waals surface area contributed by atoms with Gasteiger partial charge < -0.3 is 4.74 Å². The van der Waals surface area contributed by atoms with Crippen molar-refractivity contribution in [3.05, 3.63) is 60.3 Å². The zero-order chi connectivity index (χ0) is 19.4. The maximum Gasteiger partial charge on any atom is 0.358 e. The smallest absolute Gasteiger partial charge is 0.358 e. The van der Waals surface area contributed by atoms with Gasteiger partial charge in [-0.15, -0.1) is 0 Å². The SMILES string of the molecule is CCCCc1cc2ccccc2n1C(=Nc1ccc(OC)cc1)C(F)(F)Br. The zero-order valence-corrected chi connectivity index (χ0v) is 16.8. The molecular formula is C21H21BrF2N2O. The zero-order valence-electron chi connectivity index (χ0n) is 15.3. The first kappa shape index (κ1) is 19.5. The van der Waals surface area contributed by atoms with E-state index in [4.69, 9.17) is 4.74 Å². The molecule has 0 bridgehead atoms. The number of halogens is 3. The number of methoxy groups -OCH3 is 1. The molecule has 1 aromatic heterocycles. The van der Waals surface area contributed by atoms with Gasteiger partial charge in [0.15, 0.2) is 5.84 Å². The van der Waals surface area contributed by atoms with E-state index in [-0.39, 0.29) is 5.84 Å². The van der Waals surface area contributed by atoms with Crippen LogP contribution in [-0.2, 0) is 6.42 Å². The van der Waals surface area contributed by atoms with E-state index in [2.05, 4.69) is 27.8 Å². The van der Waals surface area contributed by atoms with Gasteiger partial charge in [0.05, 0.1) is 18.3 Å². The highest BCUT2D eigenvalue weighted by atomic mass is 79.9. The van der Waals surface area contributed by atoms with Crippen molar-refractivity contribution < 1.29 is 13.5 Å². The van der Waals surface area contributed by atoms with Crippen LogP contribution < -0.4 is 4.74 Å². The predicted octanol–water partition coefficient (Wildman–Crippen LogP) is 6.56. The first-order valence-corrected chi connectivity index (χ1v) is 9.63. The topological polar surface area (TPSA) is 26.5 Å². The number of aliphatic imine (C=N–C) groups is 1. The molecule has 0 aliphatic carbocycles. The number of fused-ring (bicyclic) bond motifs is 1. The van der Waals surface area contributed by atoms with Crippen LogP contribution in [0.2, 0.25) is 0 Å². The van der Waals surface area contributed by atoms with Crippen LogP contribution in [0.5, 0.6) is 5.75 Å². The fraction of sp³-hybridized carbons (Fsp3) is 0.286. The maximum absolute atomic E-state index is 14.6. The van der Waals surface area contributed by atoms with E-state index in [1.807, 2.05) is 30.3 Å². The molecule has 0 saturated heterocycles. The Balaban J connectivity index is 2.19. The molecule has 0 radical (unpaired) electrons. The maximum atomic E-state index is 14.6. The molecule has 142 valence electrons. The van der Waals surface area contributed by atoms with E-state index in [9.17, 15) is 8.78 Å². The summed E-state index contributed by atoms with van der Waals surface area (Å²) in [6, 6.07) is 16.2. The van der Waals surface area contributed by atoms with Gasteiger partial charge in [-0.25, -0.2) is 4.99 Å². The summed E-state index contributed by atoms with van der Waals surface area (Å²) in [4.78, 5) is 1.01. The predicted molar refractivity (Wildman–Crippen MR) is 110 cm³/mol. The molecule has 0 atom stereocenters. The molecule has 0 aliphatic heterocycles. The lowest BCUT2D eigenvalue weighted by molar-refractivity contribution is 0.189. The minimum absolute atomic E-state index is 0.347. The van der Waals surface area contributed by atoms with Crippen LogP contribution >= 0.6 is 15.9 Å². The molecule has 0 aliphatic rings. The molecule has 0 amide bonds. The number of benzene rings is 2. The van der Waals surface area contributed by atoms with Crippen LogP contribution in [0.1, 0.15) is 25.5 Å². The normalized spacial score (nSPS) is 12.6. The van der Waals surface area contributed by atoms with Crippen LogP contribution in [0.4, 0.5) is 14.5 Å². The number of hydrogen-bond acceptors (Lipinski definition) is 2. The summed E-state index contributed by atoms with van der Waals surface area (Å²) < 4.78 is 35.8. The molecule has 0 N–H and O–H groups in total. The first-order valence-electron chi connectivity index (χ1n) is 8.83. The number of hydrogen-bond donors (Lipinski definition) is 0. The van der Waals surface area contributed by atoms with Crippen LogP contribution in [0.3, 0.4) is 0 Å². The molecule has 3 aromatic rings. The summed E-state index contributed by atoms with van der Waals surface area (Å²) in [6.07, 6.45) is 2.60. The van der Waals surface area contributed by atoms with Gasteiger partial charge in [-0.1, -0.05) is 31.5 Å². The van der Waals surface area contributed by atoms with Gasteiger partial charge in [-0.05, 0) is 65.2 Å². The van der Waals surface area contributed by atoms with Gasteiger partial charge in [0.2, 0.25) is 0 Å². The van der Waals surface area contributed by atoms with E-state index in [0.29, 0.717) is 17.9 Å². The third-order valence-electron chi connectivity index (χ3n) is 4.35. The average molecular weight is 435 g/mol. The van der Waals surface area contributed by atoms with Gasteiger partial charge in [0, 0.05) is 11.1 Å². The minimum Gasteiger partial charge on any atom is -0.497 e. The van der Waals surface area contributed by atoms with Crippen molar-refractivity contribution in [1.82, 2.24) is 4.57 Å². The summed E-state index contributed by atoms with van der Waals surface area (Å²) in [5.41, 5.74) is 1.98. The molecule has 1 heterocycles. The minimum atomic E-state index is -3.28. The Bertz CT molecular complexity index is 943. The lowest BCUT2D eigenvalue weighted by Crippen LogP contribution is -2.29. The van der Waals surface area contributed by atoms with Crippen molar-refractivity contribution in [2.75, 3.05) is 7.11 Å². The fourth-order valence-electron chi connectivity index (χ4n) is 3.02. The lowest BCUT2D eigenvalue weighted by atomic mass is 10.2. The summed E-state index contributed by atoms with van der Waals surface area (Å²) >= 11 is 2.53. The van der Waals surface area contributed by atoms with E-state index >= 15 is 0 Å². The molecule has 27 heavy (non-hydrogen) atoms. The molecule has 3 nitrogen and oxygen atoms in total. The number of aryl methyl sites for hydroxylation is 1. The summed E-state index contributed by atoms with van der Waals surface area (Å²) in [5, 5.41) is 0.919. The van der Waals surface area contributed by atoms with E-state index in [0.717, 1.165) is 29.4 Å². The number of aromatic nitrogens is 1. The first-order chi connectivity index (χ1) is 12.9. The van der Waals surface area contributed by atoms with Crippen LogP contribution in [0, 0.1) is 0 Å². The molecule has 0 saturated carbocycles. The second kappa shape index (κ2) is 8.21. The van der Waals surface area contributed by atoms with Crippen LogP contribution in [-0.4, -0.2) is 22.3 Å². The number of para-hydroxylation sites is 1. The summed E-state index contributed by atoms with van der Waals surface area (Å²) in [7, 11) is 1.56. The Morgan fingerprint density at radius 1 is 1.15 bits per heavy atom. The Morgan fingerprint density at radius 2 is 1.85 bits per heavy atom. The average Bonchev–Trinajstić information content (AvgIpc) is 3.02.